The summed E-state index contributed by atoms with van der Waals surface area (Å²) in [6.45, 7) is 1.11. The SMILES string of the molecule is Cc1nc2c(-c3ccc[nH]c3=O)c(C(=O)NS(C)(=O)=O)n(Cc3cc4cn[nH]c4cc3F)c2cc1F. The number of hydrogen-bond acceptors (Lipinski definition) is 6. The number of benzene rings is 1. The Kier molecular flexibility index (Phi) is 5.43. The molecule has 0 aliphatic carbocycles. The van der Waals surface area contributed by atoms with Gasteiger partial charge < -0.3 is 9.55 Å². The summed E-state index contributed by atoms with van der Waals surface area (Å²) in [6, 6.07) is 6.79. The van der Waals surface area contributed by atoms with Gasteiger partial charge in [-0.25, -0.2) is 26.9 Å². The Labute approximate surface area is 202 Å². The number of aromatic amines is 2. The monoisotopic (exact) mass is 512 g/mol. The number of carbonyl (C=O) groups is 1. The second-order valence-corrected chi connectivity index (χ2v) is 10.00. The first-order valence-electron chi connectivity index (χ1n) is 10.5. The van der Waals surface area contributed by atoms with Crippen LogP contribution in [0.4, 0.5) is 8.78 Å². The van der Waals surface area contributed by atoms with E-state index in [0.29, 0.717) is 10.9 Å². The lowest BCUT2D eigenvalue weighted by Crippen LogP contribution is -2.32. The molecule has 0 unspecified atom stereocenters. The molecule has 0 atom stereocenters. The van der Waals surface area contributed by atoms with Crippen molar-refractivity contribution in [3.8, 4) is 11.1 Å². The molecule has 10 nitrogen and oxygen atoms in total. The molecule has 36 heavy (non-hydrogen) atoms. The number of amides is 1. The first-order valence-corrected chi connectivity index (χ1v) is 12.4. The molecule has 0 saturated carbocycles. The van der Waals surface area contributed by atoms with Crippen LogP contribution in [-0.2, 0) is 16.6 Å². The molecule has 0 fully saturated rings. The summed E-state index contributed by atoms with van der Waals surface area (Å²) in [6.07, 6.45) is 3.67. The average molecular weight is 512 g/mol. The lowest BCUT2D eigenvalue weighted by Gasteiger charge is -2.13. The number of sulfonamides is 1. The molecular weight excluding hydrogens is 494 g/mol. The number of aryl methyl sites for hydroxylation is 1. The molecule has 0 aliphatic heterocycles. The summed E-state index contributed by atoms with van der Waals surface area (Å²) >= 11 is 0. The van der Waals surface area contributed by atoms with Gasteiger partial charge in [-0.2, -0.15) is 5.10 Å². The maximum Gasteiger partial charge on any atom is 0.282 e. The highest BCUT2D eigenvalue weighted by molar-refractivity contribution is 7.89. The highest BCUT2D eigenvalue weighted by Gasteiger charge is 2.29. The van der Waals surface area contributed by atoms with Crippen LogP contribution in [0.5, 0.6) is 0 Å². The van der Waals surface area contributed by atoms with Crippen LogP contribution in [0.1, 0.15) is 21.7 Å². The molecule has 4 aromatic heterocycles. The minimum atomic E-state index is -4.03. The largest absolute Gasteiger partial charge is 0.330 e. The van der Waals surface area contributed by atoms with Crippen LogP contribution in [0.25, 0.3) is 33.1 Å². The fraction of sp³-hybridized carbons (Fsp3) is 0.130. The smallest absolute Gasteiger partial charge is 0.282 e. The molecule has 3 N–H and O–H groups in total. The molecule has 13 heteroatoms. The first kappa shape index (κ1) is 23.4. The Morgan fingerprint density at radius 2 is 1.97 bits per heavy atom. The van der Waals surface area contributed by atoms with Crippen molar-refractivity contribution < 1.29 is 22.0 Å². The van der Waals surface area contributed by atoms with Crippen molar-refractivity contribution in [3.63, 3.8) is 0 Å². The zero-order valence-electron chi connectivity index (χ0n) is 18.9. The van der Waals surface area contributed by atoms with Gasteiger partial charge in [-0.15, -0.1) is 0 Å². The van der Waals surface area contributed by atoms with E-state index >= 15 is 4.39 Å². The number of H-pyrrole nitrogens is 2. The van der Waals surface area contributed by atoms with E-state index in [9.17, 15) is 22.4 Å². The summed E-state index contributed by atoms with van der Waals surface area (Å²) < 4.78 is 56.7. The molecule has 1 aromatic carbocycles. The standard InChI is InChI=1S/C23H18F2N6O4S/c1-11-15(24)8-18-20(28-11)19(14-4-3-5-26-22(14)32)21(23(33)30-36(2,34)35)31(18)10-13-6-12-9-27-29-17(12)7-16(13)25/h3-9H,10H2,1-2H3,(H,26,32)(H,27,29)(H,30,33). The Hall–Kier alpha value is -4.39. The third kappa shape index (κ3) is 4.02. The number of aromatic nitrogens is 5. The number of nitrogens with one attached hydrogen (secondary N) is 3. The van der Waals surface area contributed by atoms with E-state index in [0.717, 1.165) is 12.3 Å². The van der Waals surface area contributed by atoms with Gasteiger partial charge in [0.05, 0.1) is 46.8 Å². The molecule has 4 heterocycles. The van der Waals surface area contributed by atoms with Crippen molar-refractivity contribution in [2.24, 2.45) is 0 Å². The zero-order chi connectivity index (χ0) is 25.8. The van der Waals surface area contributed by atoms with Gasteiger partial charge in [0, 0.05) is 28.8 Å². The highest BCUT2D eigenvalue weighted by atomic mass is 32.2. The Balaban J connectivity index is 1.87. The number of fused-ring (bicyclic) bond motifs is 2. The predicted molar refractivity (Wildman–Crippen MR) is 128 cm³/mol. The third-order valence-corrected chi connectivity index (χ3v) is 6.24. The Morgan fingerprint density at radius 3 is 2.69 bits per heavy atom. The van der Waals surface area contributed by atoms with E-state index in [1.165, 1.54) is 48.1 Å². The molecule has 0 spiro atoms. The van der Waals surface area contributed by atoms with Gasteiger partial charge in [-0.3, -0.25) is 14.7 Å². The summed E-state index contributed by atoms with van der Waals surface area (Å²) in [4.78, 5) is 32.8. The molecule has 0 radical (unpaired) electrons. The van der Waals surface area contributed by atoms with E-state index in [2.05, 4.69) is 20.2 Å². The van der Waals surface area contributed by atoms with Gasteiger partial charge in [-0.05, 0) is 31.2 Å². The second kappa shape index (κ2) is 8.37. The lowest BCUT2D eigenvalue weighted by molar-refractivity contribution is 0.0974. The summed E-state index contributed by atoms with van der Waals surface area (Å²) in [5, 5.41) is 7.12. The maximum absolute atomic E-state index is 15.0. The van der Waals surface area contributed by atoms with Gasteiger partial charge in [0.2, 0.25) is 10.0 Å². The minimum absolute atomic E-state index is 0.00386. The van der Waals surface area contributed by atoms with Gasteiger partial charge in [0.1, 0.15) is 17.3 Å². The molecule has 1 amide bonds. The van der Waals surface area contributed by atoms with Crippen LogP contribution < -0.4 is 10.3 Å². The Bertz CT molecular complexity index is 1860. The van der Waals surface area contributed by atoms with Crippen molar-refractivity contribution in [1.82, 2.24) is 29.5 Å². The Morgan fingerprint density at radius 1 is 1.19 bits per heavy atom. The van der Waals surface area contributed by atoms with Gasteiger partial charge >= 0.3 is 0 Å². The highest BCUT2D eigenvalue weighted by Crippen LogP contribution is 2.34. The van der Waals surface area contributed by atoms with Crippen molar-refractivity contribution in [2.45, 2.75) is 13.5 Å². The molecular formula is C23H18F2N6O4S. The van der Waals surface area contributed by atoms with Crippen LogP contribution in [-0.4, -0.2) is 45.3 Å². The summed E-state index contributed by atoms with van der Waals surface area (Å²) in [7, 11) is -4.03. The number of hydrogen-bond donors (Lipinski definition) is 3. The number of pyridine rings is 2. The van der Waals surface area contributed by atoms with E-state index < -0.39 is 33.1 Å². The maximum atomic E-state index is 15.0. The number of halogens is 2. The average Bonchev–Trinajstić information content (AvgIpc) is 3.36. The number of rotatable bonds is 5. The van der Waals surface area contributed by atoms with Crippen molar-refractivity contribution >= 4 is 37.9 Å². The van der Waals surface area contributed by atoms with Crippen molar-refractivity contribution in [2.75, 3.05) is 6.26 Å². The molecule has 5 aromatic rings. The molecule has 0 saturated heterocycles. The molecule has 184 valence electrons. The summed E-state index contributed by atoms with van der Waals surface area (Å²) in [5.74, 6) is -2.42. The van der Waals surface area contributed by atoms with E-state index in [4.69, 9.17) is 0 Å². The topological polar surface area (TPSA) is 143 Å². The molecule has 0 aliphatic rings. The normalized spacial score (nSPS) is 11.9. The van der Waals surface area contributed by atoms with Gasteiger partial charge in [0.15, 0.2) is 0 Å². The zero-order valence-corrected chi connectivity index (χ0v) is 19.7. The van der Waals surface area contributed by atoms with Crippen molar-refractivity contribution in [3.05, 3.63) is 81.7 Å². The molecule has 0 bridgehead atoms. The number of carbonyl (C=O) groups excluding carboxylic acids is 1. The predicted octanol–water partition coefficient (Wildman–Crippen LogP) is 2.59. The van der Waals surface area contributed by atoms with Gasteiger partial charge in [-0.1, -0.05) is 0 Å². The summed E-state index contributed by atoms with van der Waals surface area (Å²) in [5.41, 5.74) is -0.182. The number of nitrogens with zero attached hydrogens (tertiary/aromatic N) is 3. The van der Waals surface area contributed by atoms with Crippen LogP contribution in [0, 0.1) is 18.6 Å². The van der Waals surface area contributed by atoms with Gasteiger partial charge in [0.25, 0.3) is 11.5 Å². The van der Waals surface area contributed by atoms with E-state index in [1.807, 2.05) is 4.72 Å². The van der Waals surface area contributed by atoms with E-state index in [1.54, 1.807) is 0 Å². The fourth-order valence-electron chi connectivity index (χ4n) is 4.12. The van der Waals surface area contributed by atoms with E-state index in [-0.39, 0.29) is 45.7 Å². The first-order chi connectivity index (χ1) is 17.0. The quantitative estimate of drug-likeness (QED) is 0.330. The fourth-order valence-corrected chi connectivity index (χ4v) is 4.56. The van der Waals surface area contributed by atoms with Crippen LogP contribution in [0.3, 0.4) is 0 Å². The van der Waals surface area contributed by atoms with Crippen LogP contribution >= 0.6 is 0 Å². The second-order valence-electron chi connectivity index (χ2n) is 8.25. The van der Waals surface area contributed by atoms with Crippen LogP contribution in [0.15, 0.2) is 47.5 Å². The van der Waals surface area contributed by atoms with Crippen molar-refractivity contribution in [1.29, 1.82) is 0 Å². The minimum Gasteiger partial charge on any atom is -0.330 e. The molecule has 5 rings (SSSR count). The lowest BCUT2D eigenvalue weighted by atomic mass is 10.1. The third-order valence-electron chi connectivity index (χ3n) is 5.68. The van der Waals surface area contributed by atoms with Crippen LogP contribution in [0.2, 0.25) is 0 Å².